The Labute approximate surface area is 194 Å². The van der Waals surface area contributed by atoms with Crippen molar-refractivity contribution >= 4 is 17.2 Å². The molecule has 2 aromatic heterocycles. The highest BCUT2D eigenvalue weighted by atomic mass is 32.1. The van der Waals surface area contributed by atoms with Crippen LogP contribution in [0.3, 0.4) is 0 Å². The van der Waals surface area contributed by atoms with Crippen molar-refractivity contribution in [3.8, 4) is 0 Å². The summed E-state index contributed by atoms with van der Waals surface area (Å²) in [5.41, 5.74) is 3.31. The third kappa shape index (κ3) is 5.11. The van der Waals surface area contributed by atoms with Crippen LogP contribution in [0, 0.1) is 5.92 Å². The molecule has 5 heteroatoms. The number of nitrogens with zero attached hydrogens (tertiary/aromatic N) is 3. The van der Waals surface area contributed by atoms with Gasteiger partial charge in [-0.15, -0.1) is 0 Å². The Hall–Kier alpha value is -2.50. The third-order valence-corrected chi connectivity index (χ3v) is 7.60. The van der Waals surface area contributed by atoms with Crippen LogP contribution in [0.5, 0.6) is 0 Å². The molecule has 2 fully saturated rings. The Morgan fingerprint density at radius 2 is 1.78 bits per heavy atom. The fourth-order valence-electron chi connectivity index (χ4n) is 5.05. The molecule has 2 aliphatic rings. The highest BCUT2D eigenvalue weighted by Crippen LogP contribution is 2.36. The molecule has 1 atom stereocenters. The van der Waals surface area contributed by atoms with Crippen LogP contribution in [0.25, 0.3) is 0 Å². The molecule has 1 amide bonds. The average molecular weight is 446 g/mol. The number of carbonyl (C=O) groups is 1. The molecular weight excluding hydrogens is 414 g/mol. The first kappa shape index (κ1) is 21.4. The van der Waals surface area contributed by atoms with Gasteiger partial charge in [0.25, 0.3) is 5.91 Å². The molecule has 1 saturated heterocycles. The fraction of sp³-hybridized carbons (Fsp3) is 0.407. The molecule has 0 spiro atoms. The highest BCUT2D eigenvalue weighted by molar-refractivity contribution is 7.07. The van der Waals surface area contributed by atoms with Gasteiger partial charge in [-0.2, -0.15) is 11.3 Å². The lowest BCUT2D eigenvalue weighted by atomic mass is 9.84. The summed E-state index contributed by atoms with van der Waals surface area (Å²) in [4.78, 5) is 22.8. The molecule has 0 bridgehead atoms. The summed E-state index contributed by atoms with van der Waals surface area (Å²) in [6, 6.07) is 19.2. The van der Waals surface area contributed by atoms with Crippen molar-refractivity contribution in [3.05, 3.63) is 88.4 Å². The third-order valence-electron chi connectivity index (χ3n) is 6.87. The van der Waals surface area contributed by atoms with Crippen molar-refractivity contribution < 1.29 is 4.79 Å². The van der Waals surface area contributed by atoms with Crippen LogP contribution >= 0.6 is 11.3 Å². The summed E-state index contributed by atoms with van der Waals surface area (Å²) in [5.74, 6) is 0.622. The Bertz CT molecular complexity index is 980. The molecule has 3 aromatic rings. The van der Waals surface area contributed by atoms with Crippen LogP contribution in [-0.2, 0) is 13.0 Å². The number of aromatic nitrogens is 1. The van der Waals surface area contributed by atoms with E-state index in [1.165, 1.54) is 11.1 Å². The number of likely N-dealkylation sites (tertiary alicyclic amines) is 1. The minimum Gasteiger partial charge on any atom is -0.331 e. The molecule has 1 aromatic carbocycles. The first-order valence-electron chi connectivity index (χ1n) is 11.8. The van der Waals surface area contributed by atoms with Crippen LogP contribution in [-0.4, -0.2) is 45.9 Å². The van der Waals surface area contributed by atoms with Gasteiger partial charge in [0.2, 0.25) is 0 Å². The molecule has 1 saturated carbocycles. The van der Waals surface area contributed by atoms with Crippen molar-refractivity contribution in [1.29, 1.82) is 0 Å². The van der Waals surface area contributed by atoms with Crippen molar-refractivity contribution in [1.82, 2.24) is 14.8 Å². The van der Waals surface area contributed by atoms with Crippen molar-refractivity contribution in [2.45, 2.75) is 50.7 Å². The number of carbonyl (C=O) groups excluding carboxylic acids is 1. The predicted molar refractivity (Wildman–Crippen MR) is 130 cm³/mol. The molecule has 1 aliphatic heterocycles. The number of piperidine rings is 1. The smallest absolute Gasteiger partial charge is 0.272 e. The molecule has 0 N–H and O–H groups in total. The molecule has 4 nitrogen and oxygen atoms in total. The summed E-state index contributed by atoms with van der Waals surface area (Å²) in [6.45, 7) is 3.24. The molecular formula is C27H31N3OS. The molecule has 1 aliphatic carbocycles. The van der Waals surface area contributed by atoms with E-state index in [0.29, 0.717) is 17.7 Å². The first-order chi connectivity index (χ1) is 15.8. The van der Waals surface area contributed by atoms with Gasteiger partial charge < -0.3 is 4.90 Å². The second kappa shape index (κ2) is 9.97. The summed E-state index contributed by atoms with van der Waals surface area (Å²) >= 11 is 1.77. The van der Waals surface area contributed by atoms with Gasteiger partial charge in [0.05, 0.1) is 0 Å². The Morgan fingerprint density at radius 1 is 1.00 bits per heavy atom. The molecule has 0 radical (unpaired) electrons. The average Bonchev–Trinajstić information content (AvgIpc) is 3.55. The number of pyridine rings is 1. The van der Waals surface area contributed by atoms with Crippen LogP contribution in [0.15, 0.2) is 71.6 Å². The maximum Gasteiger partial charge on any atom is 0.272 e. The summed E-state index contributed by atoms with van der Waals surface area (Å²) in [7, 11) is 0. The maximum atomic E-state index is 13.6. The van der Waals surface area contributed by atoms with E-state index in [1.807, 2.05) is 18.2 Å². The van der Waals surface area contributed by atoms with Crippen LogP contribution in [0.1, 0.15) is 47.3 Å². The summed E-state index contributed by atoms with van der Waals surface area (Å²) < 4.78 is 0. The van der Waals surface area contributed by atoms with E-state index < -0.39 is 0 Å². The Balaban J connectivity index is 1.36. The summed E-state index contributed by atoms with van der Waals surface area (Å²) in [5, 5.41) is 4.42. The van der Waals surface area contributed by atoms with E-state index >= 15 is 0 Å². The van der Waals surface area contributed by atoms with Crippen molar-refractivity contribution in [2.24, 2.45) is 5.92 Å². The number of hydrogen-bond donors (Lipinski definition) is 0. The standard InChI is InChI=1S/C27H31N3OS/c31-27(25-8-4-5-14-28-25)30(24-9-10-24)26(18-21-6-2-1-3-7-21)23-11-15-29(16-12-23)19-22-13-17-32-20-22/h1-8,13-14,17,20,23-24,26H,9-12,15-16,18-19H2. The van der Waals surface area contributed by atoms with Crippen LogP contribution in [0.4, 0.5) is 0 Å². The van der Waals surface area contributed by atoms with E-state index in [-0.39, 0.29) is 11.9 Å². The van der Waals surface area contributed by atoms with Crippen LogP contribution in [0.2, 0.25) is 0 Å². The van der Waals surface area contributed by atoms with Gasteiger partial charge in [-0.05, 0) is 91.2 Å². The number of benzene rings is 1. The van der Waals surface area contributed by atoms with Gasteiger partial charge in [-0.3, -0.25) is 14.7 Å². The SMILES string of the molecule is O=C(c1ccccn1)N(C1CC1)C(Cc1ccccc1)C1CCN(Cc2ccsc2)CC1. The largest absolute Gasteiger partial charge is 0.331 e. The minimum absolute atomic E-state index is 0.106. The van der Waals surface area contributed by atoms with E-state index in [2.05, 4.69) is 61.9 Å². The van der Waals surface area contributed by atoms with E-state index in [9.17, 15) is 4.79 Å². The Kier molecular flexibility index (Phi) is 6.65. The predicted octanol–water partition coefficient (Wildman–Crippen LogP) is 5.27. The highest BCUT2D eigenvalue weighted by Gasteiger charge is 2.41. The van der Waals surface area contributed by atoms with Crippen LogP contribution < -0.4 is 0 Å². The molecule has 1 unspecified atom stereocenters. The quantitative estimate of drug-likeness (QED) is 0.474. The zero-order valence-electron chi connectivity index (χ0n) is 18.5. The summed E-state index contributed by atoms with van der Waals surface area (Å²) in [6.07, 6.45) is 7.15. The lowest BCUT2D eigenvalue weighted by molar-refractivity contribution is 0.0477. The molecule has 5 rings (SSSR count). The van der Waals surface area contributed by atoms with E-state index in [1.54, 1.807) is 17.5 Å². The topological polar surface area (TPSA) is 36.4 Å². The lowest BCUT2D eigenvalue weighted by Crippen LogP contribution is -2.50. The molecule has 3 heterocycles. The Morgan fingerprint density at radius 3 is 2.44 bits per heavy atom. The zero-order valence-corrected chi connectivity index (χ0v) is 19.3. The monoisotopic (exact) mass is 445 g/mol. The van der Waals surface area contributed by atoms with Gasteiger partial charge in [0.15, 0.2) is 0 Å². The molecule has 32 heavy (non-hydrogen) atoms. The number of hydrogen-bond acceptors (Lipinski definition) is 4. The number of rotatable bonds is 8. The maximum absolute atomic E-state index is 13.6. The van der Waals surface area contributed by atoms with Gasteiger partial charge in [-0.1, -0.05) is 36.4 Å². The van der Waals surface area contributed by atoms with E-state index in [4.69, 9.17) is 0 Å². The second-order valence-corrected chi connectivity index (χ2v) is 9.94. The molecule has 166 valence electrons. The van der Waals surface area contributed by atoms with Gasteiger partial charge in [0, 0.05) is 24.8 Å². The normalized spacial score (nSPS) is 18.4. The number of thiophene rings is 1. The first-order valence-corrected chi connectivity index (χ1v) is 12.7. The number of amides is 1. The van der Waals surface area contributed by atoms with E-state index in [0.717, 1.165) is 51.7 Å². The van der Waals surface area contributed by atoms with Gasteiger partial charge in [-0.25, -0.2) is 0 Å². The lowest BCUT2D eigenvalue weighted by Gasteiger charge is -2.41. The van der Waals surface area contributed by atoms with Crippen molar-refractivity contribution in [2.75, 3.05) is 13.1 Å². The second-order valence-electron chi connectivity index (χ2n) is 9.16. The fourth-order valence-corrected chi connectivity index (χ4v) is 5.71. The van der Waals surface area contributed by atoms with Gasteiger partial charge in [0.1, 0.15) is 5.69 Å². The minimum atomic E-state index is 0.106. The van der Waals surface area contributed by atoms with Crippen molar-refractivity contribution in [3.63, 3.8) is 0 Å². The van der Waals surface area contributed by atoms with Gasteiger partial charge >= 0.3 is 0 Å². The zero-order chi connectivity index (χ0) is 21.8.